The third-order valence-electron chi connectivity index (χ3n) is 6.99. The van der Waals surface area contributed by atoms with Crippen LogP contribution >= 0.6 is 0 Å². The number of ketones is 1. The molecule has 4 bridgehead atoms. The summed E-state index contributed by atoms with van der Waals surface area (Å²) in [4.78, 5) is 17.3. The lowest BCUT2D eigenvalue weighted by atomic mass is 9.47. The molecule has 4 aliphatic rings. The number of hydrogen-bond donors (Lipinski definition) is 0. The van der Waals surface area contributed by atoms with Gasteiger partial charge in [0, 0.05) is 16.6 Å². The van der Waals surface area contributed by atoms with E-state index in [9.17, 15) is 4.79 Å². The minimum absolute atomic E-state index is 0.191. The molecule has 24 heavy (non-hydrogen) atoms. The Balaban J connectivity index is 1.82. The molecule has 2 nitrogen and oxygen atoms in total. The summed E-state index contributed by atoms with van der Waals surface area (Å²) in [6.45, 7) is 3.75. The third kappa shape index (κ3) is 1.95. The van der Waals surface area contributed by atoms with Gasteiger partial charge in [-0.25, -0.2) is 0 Å². The number of hydrogen-bond acceptors (Lipinski definition) is 2. The molecule has 1 heterocycles. The van der Waals surface area contributed by atoms with Crippen molar-refractivity contribution in [1.29, 1.82) is 0 Å². The highest BCUT2D eigenvalue weighted by Crippen LogP contribution is 2.62. The molecular weight excluding hydrogens is 294 g/mol. The zero-order chi connectivity index (χ0) is 16.5. The highest BCUT2D eigenvalue weighted by Gasteiger charge is 2.53. The summed E-state index contributed by atoms with van der Waals surface area (Å²) in [5, 5.41) is 1.23. The van der Waals surface area contributed by atoms with E-state index in [4.69, 9.17) is 4.98 Å². The third-order valence-corrected chi connectivity index (χ3v) is 6.99. The van der Waals surface area contributed by atoms with Crippen molar-refractivity contribution in [2.24, 2.45) is 17.8 Å². The lowest BCUT2D eigenvalue weighted by Gasteiger charge is -2.57. The van der Waals surface area contributed by atoms with E-state index in [0.717, 1.165) is 34.5 Å². The number of carbonyl (C=O) groups excluding carboxylic acids is 1. The number of benzene rings is 1. The van der Waals surface area contributed by atoms with Crippen molar-refractivity contribution in [2.45, 2.75) is 57.8 Å². The molecule has 0 spiro atoms. The van der Waals surface area contributed by atoms with Gasteiger partial charge in [0.25, 0.3) is 0 Å². The van der Waals surface area contributed by atoms with Gasteiger partial charge >= 0.3 is 0 Å². The zero-order valence-electron chi connectivity index (χ0n) is 14.6. The molecule has 2 heteroatoms. The Labute approximate surface area is 143 Å². The maximum Gasteiger partial charge on any atom is 0.161 e. The predicted molar refractivity (Wildman–Crippen MR) is 96.3 cm³/mol. The Hall–Kier alpha value is -1.70. The number of nitrogens with zero attached hydrogens (tertiary/aromatic N) is 1. The molecule has 0 aliphatic heterocycles. The number of fused-ring (bicyclic) bond motifs is 1. The van der Waals surface area contributed by atoms with Crippen LogP contribution in [-0.2, 0) is 5.41 Å². The Bertz CT molecular complexity index is 815. The van der Waals surface area contributed by atoms with Gasteiger partial charge in [0.2, 0.25) is 0 Å². The normalized spacial score (nSPS) is 34.0. The standard InChI is InChI=1S/C22H25NO/c1-13-20(14(2)24)21(18-5-3-4-6-19(18)23-13)22-10-15-7-16(11-22)9-17(8-15)12-22/h3-6,15-17H,7-12H2,1-2H3. The van der Waals surface area contributed by atoms with Crippen LogP contribution in [0.15, 0.2) is 24.3 Å². The van der Waals surface area contributed by atoms with Gasteiger partial charge in [0.05, 0.1) is 5.52 Å². The zero-order valence-corrected chi connectivity index (χ0v) is 14.6. The lowest BCUT2D eigenvalue weighted by Crippen LogP contribution is -2.49. The monoisotopic (exact) mass is 319 g/mol. The van der Waals surface area contributed by atoms with E-state index < -0.39 is 0 Å². The smallest absolute Gasteiger partial charge is 0.161 e. The molecule has 0 atom stereocenters. The van der Waals surface area contributed by atoms with Crippen LogP contribution in [0.25, 0.3) is 10.9 Å². The first kappa shape index (κ1) is 14.6. The van der Waals surface area contributed by atoms with Gasteiger partial charge in [-0.1, -0.05) is 18.2 Å². The minimum Gasteiger partial charge on any atom is -0.294 e. The topological polar surface area (TPSA) is 30.0 Å². The van der Waals surface area contributed by atoms with Gasteiger partial charge in [0.15, 0.2) is 5.78 Å². The van der Waals surface area contributed by atoms with E-state index in [1.54, 1.807) is 6.92 Å². The summed E-state index contributed by atoms with van der Waals surface area (Å²) < 4.78 is 0. The summed E-state index contributed by atoms with van der Waals surface area (Å²) in [6, 6.07) is 8.47. The predicted octanol–water partition coefficient (Wildman–Crippen LogP) is 5.21. The molecule has 4 fully saturated rings. The molecule has 0 amide bonds. The molecule has 4 saturated carbocycles. The van der Waals surface area contributed by atoms with E-state index >= 15 is 0 Å². The quantitative estimate of drug-likeness (QED) is 0.711. The second kappa shape index (κ2) is 4.91. The summed E-state index contributed by atoms with van der Waals surface area (Å²) in [5.41, 5.74) is 4.49. The van der Waals surface area contributed by atoms with Crippen LogP contribution in [0.4, 0.5) is 0 Å². The largest absolute Gasteiger partial charge is 0.294 e. The van der Waals surface area contributed by atoms with Crippen LogP contribution in [0.5, 0.6) is 0 Å². The lowest BCUT2D eigenvalue weighted by molar-refractivity contribution is -0.00486. The first-order chi connectivity index (χ1) is 11.6. The number of para-hydroxylation sites is 1. The average molecular weight is 319 g/mol. The number of rotatable bonds is 2. The second-order valence-corrected chi connectivity index (χ2v) is 8.72. The molecule has 1 aromatic heterocycles. The van der Waals surface area contributed by atoms with E-state index in [1.807, 2.05) is 6.92 Å². The van der Waals surface area contributed by atoms with Crippen molar-refractivity contribution in [2.75, 3.05) is 0 Å². The van der Waals surface area contributed by atoms with Crippen LogP contribution in [0.3, 0.4) is 0 Å². The Morgan fingerprint density at radius 3 is 2.21 bits per heavy atom. The van der Waals surface area contributed by atoms with Crippen LogP contribution in [0, 0.1) is 24.7 Å². The van der Waals surface area contributed by atoms with Crippen LogP contribution in [0.1, 0.15) is 67.1 Å². The molecule has 0 radical (unpaired) electrons. The first-order valence-electron chi connectivity index (χ1n) is 9.46. The maximum atomic E-state index is 12.6. The summed E-state index contributed by atoms with van der Waals surface area (Å²) in [7, 11) is 0. The van der Waals surface area contributed by atoms with Crippen LogP contribution in [0.2, 0.25) is 0 Å². The van der Waals surface area contributed by atoms with Crippen molar-refractivity contribution in [1.82, 2.24) is 4.98 Å². The number of aryl methyl sites for hydroxylation is 1. The van der Waals surface area contributed by atoms with Gasteiger partial charge in [-0.3, -0.25) is 9.78 Å². The highest BCUT2D eigenvalue weighted by atomic mass is 16.1. The molecule has 0 saturated heterocycles. The molecule has 0 unspecified atom stereocenters. The van der Waals surface area contributed by atoms with Crippen molar-refractivity contribution in [3.05, 3.63) is 41.1 Å². The summed E-state index contributed by atoms with van der Waals surface area (Å²) >= 11 is 0. The van der Waals surface area contributed by atoms with Gasteiger partial charge in [-0.15, -0.1) is 0 Å². The van der Waals surface area contributed by atoms with Crippen LogP contribution < -0.4 is 0 Å². The SMILES string of the molecule is CC(=O)c1c(C)nc2ccccc2c1C12CC3CC(CC(C3)C1)C2. The maximum absolute atomic E-state index is 12.6. The fourth-order valence-electron chi connectivity index (χ4n) is 6.73. The highest BCUT2D eigenvalue weighted by molar-refractivity contribution is 6.02. The fourth-order valence-corrected chi connectivity index (χ4v) is 6.73. The molecule has 1 aromatic carbocycles. The van der Waals surface area contributed by atoms with E-state index in [0.29, 0.717) is 0 Å². The van der Waals surface area contributed by atoms with Gasteiger partial charge in [-0.2, -0.15) is 0 Å². The van der Waals surface area contributed by atoms with E-state index in [-0.39, 0.29) is 11.2 Å². The molecular formula is C22H25NO. The van der Waals surface area contributed by atoms with Crippen molar-refractivity contribution in [3.63, 3.8) is 0 Å². The molecule has 4 aliphatic carbocycles. The molecule has 124 valence electrons. The average Bonchev–Trinajstić information content (AvgIpc) is 2.51. The van der Waals surface area contributed by atoms with Crippen molar-refractivity contribution >= 4 is 16.7 Å². The summed E-state index contributed by atoms with van der Waals surface area (Å²) in [6.07, 6.45) is 8.14. The number of carbonyl (C=O) groups is 1. The van der Waals surface area contributed by atoms with Gasteiger partial charge in [0.1, 0.15) is 0 Å². The summed E-state index contributed by atoms with van der Waals surface area (Å²) in [5.74, 6) is 2.83. The number of Topliss-reactive ketones (excluding diaryl/α,β-unsaturated/α-hetero) is 1. The van der Waals surface area contributed by atoms with Crippen molar-refractivity contribution in [3.8, 4) is 0 Å². The molecule has 6 rings (SSSR count). The second-order valence-electron chi connectivity index (χ2n) is 8.72. The van der Waals surface area contributed by atoms with E-state index in [2.05, 4.69) is 24.3 Å². The fraction of sp³-hybridized carbons (Fsp3) is 0.545. The Morgan fingerprint density at radius 1 is 1.04 bits per heavy atom. The number of pyridine rings is 1. The van der Waals surface area contributed by atoms with E-state index in [1.165, 1.54) is 49.5 Å². The van der Waals surface area contributed by atoms with Gasteiger partial charge in [-0.05, 0) is 87.2 Å². The number of aromatic nitrogens is 1. The van der Waals surface area contributed by atoms with Gasteiger partial charge < -0.3 is 0 Å². The molecule has 2 aromatic rings. The Morgan fingerprint density at radius 2 is 1.62 bits per heavy atom. The van der Waals surface area contributed by atoms with Crippen molar-refractivity contribution < 1.29 is 4.79 Å². The van der Waals surface area contributed by atoms with Crippen LogP contribution in [-0.4, -0.2) is 10.8 Å². The molecule has 0 N–H and O–H groups in total. The Kier molecular flexibility index (Phi) is 2.99. The minimum atomic E-state index is 0.191. The first-order valence-corrected chi connectivity index (χ1v) is 9.46.